The van der Waals surface area contributed by atoms with Crippen LogP contribution in [0.5, 0.6) is 0 Å². The molecule has 16 heavy (non-hydrogen) atoms. The van der Waals surface area contributed by atoms with Crippen LogP contribution in [0.15, 0.2) is 23.5 Å². The lowest BCUT2D eigenvalue weighted by Gasteiger charge is -2.17. The van der Waals surface area contributed by atoms with Gasteiger partial charge in [0.15, 0.2) is 5.84 Å². The molecule has 88 valence electrons. The van der Waals surface area contributed by atoms with Gasteiger partial charge in [-0.15, -0.1) is 0 Å². The molecule has 0 saturated heterocycles. The highest BCUT2D eigenvalue weighted by atomic mass is 32.2. The topological polar surface area (TPSA) is 71.5 Å². The quantitative estimate of drug-likeness (QED) is 0.367. The molecule has 0 saturated carbocycles. The summed E-state index contributed by atoms with van der Waals surface area (Å²) in [5, 5.41) is 11.5. The highest BCUT2D eigenvalue weighted by Gasteiger charge is 2.11. The molecule has 1 heterocycles. The van der Waals surface area contributed by atoms with Gasteiger partial charge in [0.1, 0.15) is 5.69 Å². The highest BCUT2D eigenvalue weighted by molar-refractivity contribution is 7.99. The molecule has 5 heteroatoms. The lowest BCUT2D eigenvalue weighted by molar-refractivity contribution is 0.318. The maximum atomic E-state index is 8.56. The zero-order chi connectivity index (χ0) is 12.2. The highest BCUT2D eigenvalue weighted by Crippen LogP contribution is 2.26. The first-order valence-corrected chi connectivity index (χ1v) is 5.98. The van der Waals surface area contributed by atoms with Gasteiger partial charge in [0.25, 0.3) is 0 Å². The molecule has 0 aliphatic rings. The van der Waals surface area contributed by atoms with Crippen molar-refractivity contribution in [3.8, 4) is 0 Å². The molecular formula is C11H17N3OS. The Kier molecular flexibility index (Phi) is 4.18. The first kappa shape index (κ1) is 12.8. The van der Waals surface area contributed by atoms with Crippen LogP contribution in [0.2, 0.25) is 0 Å². The van der Waals surface area contributed by atoms with Gasteiger partial charge in [0.2, 0.25) is 0 Å². The summed E-state index contributed by atoms with van der Waals surface area (Å²) in [6.45, 7) is 6.51. The Morgan fingerprint density at radius 1 is 1.56 bits per heavy atom. The van der Waals surface area contributed by atoms with E-state index in [2.05, 4.69) is 30.9 Å². The van der Waals surface area contributed by atoms with E-state index in [0.717, 1.165) is 11.3 Å². The summed E-state index contributed by atoms with van der Waals surface area (Å²) >= 11 is 1.84. The molecule has 0 spiro atoms. The Morgan fingerprint density at radius 3 is 2.81 bits per heavy atom. The predicted octanol–water partition coefficient (Wildman–Crippen LogP) is 2.21. The number of nitrogens with zero attached hydrogens (tertiary/aromatic N) is 2. The van der Waals surface area contributed by atoms with E-state index in [1.54, 1.807) is 6.20 Å². The van der Waals surface area contributed by atoms with Crippen LogP contribution in [-0.4, -0.2) is 20.8 Å². The normalized spacial score (nSPS) is 12.8. The van der Waals surface area contributed by atoms with Gasteiger partial charge in [0, 0.05) is 16.7 Å². The number of rotatable bonds is 3. The second-order valence-corrected chi connectivity index (χ2v) is 6.24. The smallest absolute Gasteiger partial charge is 0.188 e. The Morgan fingerprint density at radius 2 is 2.25 bits per heavy atom. The van der Waals surface area contributed by atoms with E-state index in [1.165, 1.54) is 0 Å². The van der Waals surface area contributed by atoms with Crippen molar-refractivity contribution in [3.05, 3.63) is 29.6 Å². The number of aromatic nitrogens is 1. The van der Waals surface area contributed by atoms with Gasteiger partial charge in [-0.2, -0.15) is 11.8 Å². The van der Waals surface area contributed by atoms with Gasteiger partial charge >= 0.3 is 0 Å². The molecule has 0 amide bonds. The van der Waals surface area contributed by atoms with E-state index >= 15 is 0 Å². The summed E-state index contributed by atoms with van der Waals surface area (Å²) in [6, 6.07) is 3.78. The number of oxime groups is 1. The molecule has 0 fully saturated rings. The number of pyridine rings is 1. The van der Waals surface area contributed by atoms with E-state index in [9.17, 15) is 0 Å². The fourth-order valence-corrected chi connectivity index (χ4v) is 1.83. The average molecular weight is 239 g/mol. The maximum Gasteiger partial charge on any atom is 0.188 e. The van der Waals surface area contributed by atoms with Crippen molar-refractivity contribution in [3.63, 3.8) is 0 Å². The SMILES string of the molecule is CC(C)(C)SCc1ccnc(C(N)=NO)c1. The van der Waals surface area contributed by atoms with Crippen molar-refractivity contribution in [2.75, 3.05) is 0 Å². The van der Waals surface area contributed by atoms with Crippen LogP contribution in [0, 0.1) is 0 Å². The van der Waals surface area contributed by atoms with E-state index in [1.807, 2.05) is 23.9 Å². The molecule has 3 N–H and O–H groups in total. The van der Waals surface area contributed by atoms with Crippen molar-refractivity contribution in [1.29, 1.82) is 0 Å². The molecule has 1 rings (SSSR count). The summed E-state index contributed by atoms with van der Waals surface area (Å²) < 4.78 is 0.222. The van der Waals surface area contributed by atoms with Crippen LogP contribution >= 0.6 is 11.8 Å². The van der Waals surface area contributed by atoms with Crippen molar-refractivity contribution < 1.29 is 5.21 Å². The minimum absolute atomic E-state index is 0.0441. The van der Waals surface area contributed by atoms with Crippen LogP contribution in [0.3, 0.4) is 0 Å². The predicted molar refractivity (Wildman–Crippen MR) is 67.8 cm³/mol. The van der Waals surface area contributed by atoms with Gasteiger partial charge in [-0.3, -0.25) is 4.98 Å². The van der Waals surface area contributed by atoms with Crippen LogP contribution in [0.1, 0.15) is 32.0 Å². The fraction of sp³-hybridized carbons (Fsp3) is 0.455. The van der Waals surface area contributed by atoms with Crippen molar-refractivity contribution in [2.24, 2.45) is 10.9 Å². The second-order valence-electron chi connectivity index (χ2n) is 4.44. The lowest BCUT2D eigenvalue weighted by Crippen LogP contribution is -2.15. The van der Waals surface area contributed by atoms with Gasteiger partial charge in [-0.25, -0.2) is 0 Å². The molecule has 4 nitrogen and oxygen atoms in total. The zero-order valence-corrected chi connectivity index (χ0v) is 10.6. The number of thioether (sulfide) groups is 1. The minimum Gasteiger partial charge on any atom is -0.409 e. The molecule has 0 aliphatic carbocycles. The Labute approximate surface area is 99.9 Å². The summed E-state index contributed by atoms with van der Waals surface area (Å²) in [5.41, 5.74) is 7.11. The first-order chi connectivity index (χ1) is 7.42. The summed E-state index contributed by atoms with van der Waals surface area (Å²) in [5.74, 6) is 0.931. The van der Waals surface area contributed by atoms with Crippen LogP contribution in [0.4, 0.5) is 0 Å². The monoisotopic (exact) mass is 239 g/mol. The molecule has 0 atom stereocenters. The summed E-state index contributed by atoms with van der Waals surface area (Å²) in [6.07, 6.45) is 1.67. The largest absolute Gasteiger partial charge is 0.409 e. The van der Waals surface area contributed by atoms with E-state index < -0.39 is 0 Å². The van der Waals surface area contributed by atoms with Crippen molar-refractivity contribution in [1.82, 2.24) is 4.98 Å². The zero-order valence-electron chi connectivity index (χ0n) is 9.77. The number of hydrogen-bond acceptors (Lipinski definition) is 4. The molecule has 0 unspecified atom stereocenters. The Balaban J connectivity index is 2.76. The first-order valence-electron chi connectivity index (χ1n) is 4.99. The standard InChI is InChI=1S/C11H17N3OS/c1-11(2,3)16-7-8-4-5-13-9(6-8)10(12)14-15/h4-6,15H,7H2,1-3H3,(H2,12,14). The Bertz CT molecular complexity index is 385. The number of hydrogen-bond donors (Lipinski definition) is 2. The van der Waals surface area contributed by atoms with E-state index in [0.29, 0.717) is 5.69 Å². The van der Waals surface area contributed by atoms with Gasteiger partial charge in [0.05, 0.1) is 0 Å². The molecule has 0 radical (unpaired) electrons. The number of nitrogens with two attached hydrogens (primary N) is 1. The molecule has 1 aromatic heterocycles. The van der Waals surface area contributed by atoms with Crippen LogP contribution < -0.4 is 5.73 Å². The minimum atomic E-state index is 0.0441. The van der Waals surface area contributed by atoms with Gasteiger partial charge in [-0.05, 0) is 17.7 Å². The molecule has 1 aromatic rings. The van der Waals surface area contributed by atoms with Gasteiger partial charge < -0.3 is 10.9 Å². The summed E-state index contributed by atoms with van der Waals surface area (Å²) in [4.78, 5) is 4.03. The molecule has 0 aliphatic heterocycles. The summed E-state index contributed by atoms with van der Waals surface area (Å²) in [7, 11) is 0. The maximum absolute atomic E-state index is 8.56. The number of amidine groups is 1. The van der Waals surface area contributed by atoms with Crippen LogP contribution in [-0.2, 0) is 5.75 Å². The third-order valence-electron chi connectivity index (χ3n) is 1.87. The Hall–Kier alpha value is -1.23. The molecule has 0 aromatic carbocycles. The van der Waals surface area contributed by atoms with Crippen molar-refractivity contribution >= 4 is 17.6 Å². The van der Waals surface area contributed by atoms with E-state index in [4.69, 9.17) is 10.9 Å². The third-order valence-corrected chi connectivity index (χ3v) is 3.21. The van der Waals surface area contributed by atoms with Crippen LogP contribution in [0.25, 0.3) is 0 Å². The third kappa shape index (κ3) is 4.10. The lowest BCUT2D eigenvalue weighted by atomic mass is 10.2. The second kappa shape index (κ2) is 5.21. The molecular weight excluding hydrogens is 222 g/mol. The van der Waals surface area contributed by atoms with Gasteiger partial charge in [-0.1, -0.05) is 25.9 Å². The van der Waals surface area contributed by atoms with E-state index in [-0.39, 0.29) is 10.6 Å². The average Bonchev–Trinajstić information content (AvgIpc) is 2.25. The molecule has 0 bridgehead atoms. The fourth-order valence-electron chi connectivity index (χ4n) is 1.06. The van der Waals surface area contributed by atoms with Crippen molar-refractivity contribution in [2.45, 2.75) is 31.3 Å².